The summed E-state index contributed by atoms with van der Waals surface area (Å²) < 4.78 is 0. The van der Waals surface area contributed by atoms with Gasteiger partial charge in [0, 0.05) is 24.9 Å². The van der Waals surface area contributed by atoms with Crippen molar-refractivity contribution in [2.75, 3.05) is 20.1 Å². The molecule has 0 bridgehead atoms. The zero-order valence-electron chi connectivity index (χ0n) is 10.8. The molecule has 7 nitrogen and oxygen atoms in total. The van der Waals surface area contributed by atoms with Crippen LogP contribution < -0.4 is 5.32 Å². The first-order valence-corrected chi connectivity index (χ1v) is 6.25. The number of carbonyl (C=O) groups is 2. The maximum Gasteiger partial charge on any atom is 0.326 e. The molecule has 2 unspecified atom stereocenters. The third kappa shape index (κ3) is 3.54. The van der Waals surface area contributed by atoms with Gasteiger partial charge >= 0.3 is 5.97 Å². The Hall–Kier alpha value is -1.89. The summed E-state index contributed by atoms with van der Waals surface area (Å²) in [5.41, 5.74) is 0.691. The smallest absolute Gasteiger partial charge is 0.326 e. The highest BCUT2D eigenvalue weighted by Gasteiger charge is 2.29. The molecule has 0 aliphatic carbocycles. The minimum absolute atomic E-state index is 0.117. The van der Waals surface area contributed by atoms with Crippen LogP contribution in [0.15, 0.2) is 12.5 Å². The number of carboxylic acid groups (broad SMARTS) is 1. The van der Waals surface area contributed by atoms with E-state index in [0.717, 1.165) is 13.0 Å². The number of carbonyl (C=O) groups excluding carboxylic acids is 1. The number of aromatic nitrogens is 2. The molecule has 2 atom stereocenters. The van der Waals surface area contributed by atoms with Gasteiger partial charge in [-0.2, -0.15) is 0 Å². The van der Waals surface area contributed by atoms with Gasteiger partial charge < -0.3 is 20.3 Å². The number of likely N-dealkylation sites (tertiary alicyclic amines) is 1. The van der Waals surface area contributed by atoms with Gasteiger partial charge in [-0.3, -0.25) is 4.79 Å². The Labute approximate surface area is 111 Å². The molecule has 0 saturated carbocycles. The summed E-state index contributed by atoms with van der Waals surface area (Å²) >= 11 is 0. The largest absolute Gasteiger partial charge is 0.480 e. The van der Waals surface area contributed by atoms with Crippen molar-refractivity contribution >= 4 is 11.9 Å². The standard InChI is InChI=1S/C12H18N4O3/c1-16-3-2-8(6-16)11(17)15-10(12(18)19)4-9-5-13-7-14-9/h5,7-8,10H,2-4,6H2,1H3,(H,13,14)(H,15,17)(H,18,19). The van der Waals surface area contributed by atoms with Crippen molar-refractivity contribution < 1.29 is 14.7 Å². The molecule has 0 spiro atoms. The summed E-state index contributed by atoms with van der Waals surface area (Å²) in [5.74, 6) is -1.33. The molecule has 2 heterocycles. The lowest BCUT2D eigenvalue weighted by Gasteiger charge is -2.16. The summed E-state index contributed by atoms with van der Waals surface area (Å²) in [6.45, 7) is 1.55. The average Bonchev–Trinajstić information content (AvgIpc) is 2.99. The molecule has 1 aromatic heterocycles. The second-order valence-electron chi connectivity index (χ2n) is 4.93. The summed E-state index contributed by atoms with van der Waals surface area (Å²) in [7, 11) is 1.95. The van der Waals surface area contributed by atoms with Gasteiger partial charge in [0.1, 0.15) is 6.04 Å². The SMILES string of the molecule is CN1CCC(C(=O)NC(Cc2cnc[nH]2)C(=O)O)C1. The zero-order valence-corrected chi connectivity index (χ0v) is 10.8. The van der Waals surface area contributed by atoms with Gasteiger partial charge in [0.15, 0.2) is 0 Å². The first-order valence-electron chi connectivity index (χ1n) is 6.25. The molecule has 2 rings (SSSR count). The first kappa shape index (κ1) is 13.5. The Morgan fingerprint density at radius 1 is 1.68 bits per heavy atom. The van der Waals surface area contributed by atoms with Gasteiger partial charge in [-0.15, -0.1) is 0 Å². The summed E-state index contributed by atoms with van der Waals surface area (Å²) in [5, 5.41) is 11.8. The van der Waals surface area contributed by atoms with E-state index in [2.05, 4.69) is 20.2 Å². The highest BCUT2D eigenvalue weighted by atomic mass is 16.4. The van der Waals surface area contributed by atoms with E-state index in [1.807, 2.05) is 7.05 Å². The van der Waals surface area contributed by atoms with E-state index in [0.29, 0.717) is 12.2 Å². The molecule has 0 radical (unpaired) electrons. The molecule has 3 N–H and O–H groups in total. The lowest BCUT2D eigenvalue weighted by atomic mass is 10.1. The number of aliphatic carboxylic acids is 1. The van der Waals surface area contributed by atoms with Crippen molar-refractivity contribution in [3.05, 3.63) is 18.2 Å². The van der Waals surface area contributed by atoms with Gasteiger partial charge in [-0.1, -0.05) is 0 Å². The molecule has 1 aromatic rings. The number of carboxylic acids is 1. The highest BCUT2D eigenvalue weighted by molar-refractivity contribution is 5.85. The van der Waals surface area contributed by atoms with Crippen LogP contribution >= 0.6 is 0 Å². The Bertz CT molecular complexity index is 446. The monoisotopic (exact) mass is 266 g/mol. The van der Waals surface area contributed by atoms with Crippen molar-refractivity contribution in [3.63, 3.8) is 0 Å². The molecular formula is C12H18N4O3. The number of aromatic amines is 1. The van der Waals surface area contributed by atoms with Crippen LogP contribution in [0, 0.1) is 5.92 Å². The van der Waals surface area contributed by atoms with E-state index in [4.69, 9.17) is 5.11 Å². The van der Waals surface area contributed by atoms with E-state index in [1.54, 1.807) is 6.20 Å². The fourth-order valence-electron chi connectivity index (χ4n) is 2.25. The fourth-order valence-corrected chi connectivity index (χ4v) is 2.25. The second kappa shape index (κ2) is 5.83. The van der Waals surface area contributed by atoms with Crippen molar-refractivity contribution in [1.82, 2.24) is 20.2 Å². The molecular weight excluding hydrogens is 248 g/mol. The predicted molar refractivity (Wildman–Crippen MR) is 67.5 cm³/mol. The Kier molecular flexibility index (Phi) is 4.16. The quantitative estimate of drug-likeness (QED) is 0.665. The number of rotatable bonds is 5. The van der Waals surface area contributed by atoms with Gasteiger partial charge in [-0.05, 0) is 20.0 Å². The molecule has 1 aliphatic heterocycles. The minimum Gasteiger partial charge on any atom is -0.480 e. The van der Waals surface area contributed by atoms with Crippen molar-refractivity contribution in [3.8, 4) is 0 Å². The maximum atomic E-state index is 12.0. The Balaban J connectivity index is 1.93. The van der Waals surface area contributed by atoms with Crippen LogP contribution in [0.25, 0.3) is 0 Å². The topological polar surface area (TPSA) is 98.3 Å². The van der Waals surface area contributed by atoms with Crippen LogP contribution in [0.3, 0.4) is 0 Å². The van der Waals surface area contributed by atoms with Crippen LogP contribution in [-0.4, -0.2) is 58.0 Å². The number of hydrogen-bond acceptors (Lipinski definition) is 4. The molecule has 1 fully saturated rings. The van der Waals surface area contributed by atoms with Crippen LogP contribution in [-0.2, 0) is 16.0 Å². The van der Waals surface area contributed by atoms with E-state index >= 15 is 0 Å². The zero-order chi connectivity index (χ0) is 13.8. The molecule has 7 heteroatoms. The lowest BCUT2D eigenvalue weighted by molar-refractivity contribution is -0.142. The van der Waals surface area contributed by atoms with E-state index in [9.17, 15) is 9.59 Å². The van der Waals surface area contributed by atoms with Crippen molar-refractivity contribution in [2.45, 2.75) is 18.9 Å². The van der Waals surface area contributed by atoms with E-state index in [-0.39, 0.29) is 18.2 Å². The van der Waals surface area contributed by atoms with Gasteiger partial charge in [0.05, 0.1) is 12.2 Å². The van der Waals surface area contributed by atoms with Crippen molar-refractivity contribution in [2.24, 2.45) is 5.92 Å². The number of imidazole rings is 1. The summed E-state index contributed by atoms with van der Waals surface area (Å²) in [4.78, 5) is 31.9. The third-order valence-electron chi connectivity index (χ3n) is 3.36. The van der Waals surface area contributed by atoms with Gasteiger partial charge in [0.2, 0.25) is 5.91 Å². The third-order valence-corrected chi connectivity index (χ3v) is 3.36. The average molecular weight is 266 g/mol. The van der Waals surface area contributed by atoms with Gasteiger partial charge in [0.25, 0.3) is 0 Å². The molecule has 1 saturated heterocycles. The van der Waals surface area contributed by atoms with Crippen LogP contribution in [0.1, 0.15) is 12.1 Å². The lowest BCUT2D eigenvalue weighted by Crippen LogP contribution is -2.45. The number of nitrogens with zero attached hydrogens (tertiary/aromatic N) is 2. The second-order valence-corrected chi connectivity index (χ2v) is 4.93. The molecule has 1 amide bonds. The van der Waals surface area contributed by atoms with Crippen LogP contribution in [0.4, 0.5) is 0 Å². The van der Waals surface area contributed by atoms with Crippen molar-refractivity contribution in [1.29, 1.82) is 0 Å². The van der Waals surface area contributed by atoms with E-state index in [1.165, 1.54) is 6.33 Å². The normalized spacial score (nSPS) is 21.2. The molecule has 19 heavy (non-hydrogen) atoms. The maximum absolute atomic E-state index is 12.0. The van der Waals surface area contributed by atoms with E-state index < -0.39 is 12.0 Å². The number of amides is 1. The number of H-pyrrole nitrogens is 1. The molecule has 0 aromatic carbocycles. The predicted octanol–water partition coefficient (Wildman–Crippen LogP) is -0.527. The molecule has 1 aliphatic rings. The summed E-state index contributed by atoms with van der Waals surface area (Å²) in [6.07, 6.45) is 4.04. The van der Waals surface area contributed by atoms with Crippen LogP contribution in [0.2, 0.25) is 0 Å². The highest BCUT2D eigenvalue weighted by Crippen LogP contribution is 2.14. The fraction of sp³-hybridized carbons (Fsp3) is 0.583. The Morgan fingerprint density at radius 2 is 2.47 bits per heavy atom. The number of hydrogen-bond donors (Lipinski definition) is 3. The summed E-state index contributed by atoms with van der Waals surface area (Å²) in [6, 6.07) is -0.918. The minimum atomic E-state index is -1.03. The Morgan fingerprint density at radius 3 is 3.00 bits per heavy atom. The first-order chi connectivity index (χ1) is 9.06. The van der Waals surface area contributed by atoms with Gasteiger partial charge in [-0.25, -0.2) is 9.78 Å². The molecule has 104 valence electrons. The number of nitrogens with one attached hydrogen (secondary N) is 2. The van der Waals surface area contributed by atoms with Crippen LogP contribution in [0.5, 0.6) is 0 Å².